The van der Waals surface area contributed by atoms with E-state index in [1.54, 1.807) is 24.3 Å². The number of hydrogen-bond acceptors (Lipinski definition) is 8. The van der Waals surface area contributed by atoms with Crippen LogP contribution in [0, 0.1) is 10.1 Å². The molecule has 0 aliphatic carbocycles. The third-order valence-electron chi connectivity index (χ3n) is 4.82. The Labute approximate surface area is 199 Å². The fourth-order valence-electron chi connectivity index (χ4n) is 2.98. The van der Waals surface area contributed by atoms with Gasteiger partial charge >= 0.3 is 0 Å². The lowest BCUT2D eigenvalue weighted by atomic mass is 10.1. The number of nitro benzene ring substituents is 1. The van der Waals surface area contributed by atoms with Gasteiger partial charge in [-0.25, -0.2) is 9.97 Å². The quantitative estimate of drug-likeness (QED) is 0.231. The third kappa shape index (κ3) is 7.76. The average molecular weight is 490 g/mol. The molecule has 0 amide bonds. The fraction of sp³-hybridized carbons (Fsp3) is 0.391. The van der Waals surface area contributed by atoms with E-state index in [-0.39, 0.29) is 42.0 Å². The lowest BCUT2D eigenvalue weighted by Gasteiger charge is -2.14. The summed E-state index contributed by atoms with van der Waals surface area (Å²) in [5.41, 5.74) is 1.68. The molecule has 34 heavy (non-hydrogen) atoms. The van der Waals surface area contributed by atoms with Crippen molar-refractivity contribution in [2.24, 2.45) is 0 Å². The summed E-state index contributed by atoms with van der Waals surface area (Å²) in [6.07, 6.45) is 2.51. The standard InChI is InChI=1S/C19H21N4O6P.C4H10/c1-28-18-19(29-2)22-17-14(8-15(23(24)25)9-16(17)21-18)10-20-12-30(26,27)11-13-6-4-3-5-7-13;1-3-4-2/h3-9,20H,10-12H2,1-2H3,(H,26,27);3-4H2,1-2H3. The van der Waals surface area contributed by atoms with Crippen molar-refractivity contribution in [2.75, 3.05) is 20.5 Å². The summed E-state index contributed by atoms with van der Waals surface area (Å²) < 4.78 is 22.8. The highest BCUT2D eigenvalue weighted by Crippen LogP contribution is 2.43. The first-order valence-corrected chi connectivity index (χ1v) is 12.9. The lowest BCUT2D eigenvalue weighted by molar-refractivity contribution is -0.384. The minimum Gasteiger partial charge on any atom is -0.477 e. The smallest absolute Gasteiger partial charge is 0.278 e. The van der Waals surface area contributed by atoms with Crippen molar-refractivity contribution in [3.8, 4) is 11.8 Å². The SMILES string of the molecule is CCCC.COc1nc2cc([N+](=O)[O-])cc(CNCP(=O)(O)Cc3ccccc3)c2nc1OC. The van der Waals surface area contributed by atoms with Gasteiger partial charge in [-0.3, -0.25) is 14.7 Å². The van der Waals surface area contributed by atoms with Crippen LogP contribution in [0.4, 0.5) is 5.69 Å². The van der Waals surface area contributed by atoms with E-state index >= 15 is 0 Å². The minimum absolute atomic E-state index is 0.0291. The Morgan fingerprint density at radius 2 is 1.68 bits per heavy atom. The molecule has 0 saturated carbocycles. The van der Waals surface area contributed by atoms with Crippen molar-refractivity contribution in [2.45, 2.75) is 39.4 Å². The molecule has 184 valence electrons. The summed E-state index contributed by atoms with van der Waals surface area (Å²) in [4.78, 5) is 29.6. The lowest BCUT2D eigenvalue weighted by Crippen LogP contribution is -2.16. The van der Waals surface area contributed by atoms with Crippen LogP contribution in [-0.2, 0) is 17.3 Å². The van der Waals surface area contributed by atoms with E-state index in [1.807, 2.05) is 6.07 Å². The second-order valence-electron chi connectivity index (χ2n) is 7.55. The van der Waals surface area contributed by atoms with Gasteiger partial charge in [0.15, 0.2) is 0 Å². The Balaban J connectivity index is 0.000000945. The monoisotopic (exact) mass is 490 g/mol. The maximum absolute atomic E-state index is 12.5. The van der Waals surface area contributed by atoms with E-state index in [1.165, 1.54) is 39.2 Å². The molecule has 11 heteroatoms. The van der Waals surface area contributed by atoms with Crippen molar-refractivity contribution in [1.29, 1.82) is 0 Å². The van der Waals surface area contributed by atoms with Crippen LogP contribution in [0.15, 0.2) is 42.5 Å². The normalized spacial score (nSPS) is 12.4. The Hall–Kier alpha value is -3.07. The number of hydrogen-bond donors (Lipinski definition) is 2. The molecule has 0 spiro atoms. The van der Waals surface area contributed by atoms with Crippen LogP contribution in [0.2, 0.25) is 0 Å². The van der Waals surface area contributed by atoms with Gasteiger partial charge in [-0.1, -0.05) is 57.0 Å². The van der Waals surface area contributed by atoms with Gasteiger partial charge in [-0.2, -0.15) is 0 Å². The molecule has 0 aliphatic rings. The first-order chi connectivity index (χ1) is 16.2. The van der Waals surface area contributed by atoms with Gasteiger partial charge in [0, 0.05) is 24.2 Å². The Morgan fingerprint density at radius 1 is 1.06 bits per heavy atom. The first-order valence-electron chi connectivity index (χ1n) is 10.9. The van der Waals surface area contributed by atoms with Gasteiger partial charge in [0.2, 0.25) is 7.37 Å². The molecule has 1 atom stereocenters. The van der Waals surface area contributed by atoms with E-state index in [0.29, 0.717) is 11.1 Å². The van der Waals surface area contributed by atoms with Gasteiger partial charge in [0.1, 0.15) is 5.52 Å². The first kappa shape index (κ1) is 27.2. The van der Waals surface area contributed by atoms with Crippen molar-refractivity contribution < 1.29 is 23.9 Å². The fourth-order valence-corrected chi connectivity index (χ4v) is 4.33. The highest BCUT2D eigenvalue weighted by Gasteiger charge is 2.21. The number of unbranched alkanes of at least 4 members (excludes halogenated alkanes) is 1. The highest BCUT2D eigenvalue weighted by atomic mass is 31.2. The Morgan fingerprint density at radius 3 is 2.24 bits per heavy atom. The number of nitro groups is 1. The molecule has 1 aromatic heterocycles. The van der Waals surface area contributed by atoms with E-state index in [2.05, 4.69) is 29.1 Å². The predicted molar refractivity (Wildman–Crippen MR) is 132 cm³/mol. The van der Waals surface area contributed by atoms with E-state index in [9.17, 15) is 19.6 Å². The number of fused-ring (bicyclic) bond motifs is 1. The van der Waals surface area contributed by atoms with Crippen LogP contribution >= 0.6 is 7.37 Å². The molecule has 0 aliphatic heterocycles. The van der Waals surface area contributed by atoms with E-state index < -0.39 is 12.3 Å². The molecule has 3 rings (SSSR count). The molecule has 0 saturated heterocycles. The van der Waals surface area contributed by atoms with Crippen LogP contribution in [0.5, 0.6) is 11.8 Å². The van der Waals surface area contributed by atoms with Crippen LogP contribution in [-0.4, -0.2) is 40.3 Å². The predicted octanol–water partition coefficient (Wildman–Crippen LogP) is 4.88. The Bertz CT molecular complexity index is 1140. The number of non-ortho nitro benzene ring substituents is 1. The van der Waals surface area contributed by atoms with Crippen LogP contribution in [0.3, 0.4) is 0 Å². The van der Waals surface area contributed by atoms with Crippen molar-refractivity contribution in [1.82, 2.24) is 15.3 Å². The third-order valence-corrected chi connectivity index (χ3v) is 6.39. The summed E-state index contributed by atoms with van der Waals surface area (Å²) in [5, 5.41) is 14.2. The molecule has 3 aromatic rings. The second kappa shape index (κ2) is 13.0. The maximum Gasteiger partial charge on any atom is 0.278 e. The molecule has 1 unspecified atom stereocenters. The number of methoxy groups -OCH3 is 2. The minimum atomic E-state index is -3.50. The van der Waals surface area contributed by atoms with Gasteiger partial charge in [0.25, 0.3) is 17.4 Å². The van der Waals surface area contributed by atoms with Gasteiger partial charge in [-0.15, -0.1) is 0 Å². The van der Waals surface area contributed by atoms with E-state index in [4.69, 9.17) is 9.47 Å². The van der Waals surface area contributed by atoms with Crippen LogP contribution in [0.1, 0.15) is 37.8 Å². The average Bonchev–Trinajstić information content (AvgIpc) is 2.83. The number of nitrogens with one attached hydrogen (secondary N) is 1. The van der Waals surface area contributed by atoms with Crippen molar-refractivity contribution in [3.05, 3.63) is 63.7 Å². The largest absolute Gasteiger partial charge is 0.477 e. The summed E-state index contributed by atoms with van der Waals surface area (Å²) in [6.45, 7) is 4.45. The molecular weight excluding hydrogens is 459 g/mol. The van der Waals surface area contributed by atoms with Gasteiger partial charge in [0.05, 0.1) is 37.1 Å². The summed E-state index contributed by atoms with van der Waals surface area (Å²) >= 11 is 0. The van der Waals surface area contributed by atoms with Gasteiger partial charge in [-0.05, 0) is 5.56 Å². The van der Waals surface area contributed by atoms with Crippen LogP contribution in [0.25, 0.3) is 11.0 Å². The highest BCUT2D eigenvalue weighted by molar-refractivity contribution is 7.57. The summed E-state index contributed by atoms with van der Waals surface area (Å²) in [6, 6.07) is 11.7. The second-order valence-corrected chi connectivity index (χ2v) is 9.87. The molecule has 2 N–H and O–H groups in total. The molecule has 1 heterocycles. The molecule has 0 radical (unpaired) electrons. The summed E-state index contributed by atoms with van der Waals surface area (Å²) in [5.74, 6) is 0.240. The molecule has 10 nitrogen and oxygen atoms in total. The topological polar surface area (TPSA) is 137 Å². The molecule has 0 fully saturated rings. The maximum atomic E-state index is 12.5. The number of benzene rings is 2. The molecular formula is C23H31N4O6P. The number of aromatic nitrogens is 2. The zero-order valence-electron chi connectivity index (χ0n) is 19.9. The summed E-state index contributed by atoms with van der Waals surface area (Å²) in [7, 11) is -0.694. The zero-order valence-corrected chi connectivity index (χ0v) is 20.7. The Kier molecular flexibility index (Phi) is 10.4. The van der Waals surface area contributed by atoms with Gasteiger partial charge < -0.3 is 19.7 Å². The molecule has 0 bridgehead atoms. The van der Waals surface area contributed by atoms with Crippen molar-refractivity contribution in [3.63, 3.8) is 0 Å². The van der Waals surface area contributed by atoms with Crippen LogP contribution < -0.4 is 14.8 Å². The molecule has 2 aromatic carbocycles. The number of nitrogens with zero attached hydrogens (tertiary/aromatic N) is 3. The number of ether oxygens (including phenoxy) is 2. The zero-order chi connectivity index (χ0) is 25.1. The number of rotatable bonds is 10. The van der Waals surface area contributed by atoms with E-state index in [0.717, 1.165) is 5.56 Å². The van der Waals surface area contributed by atoms with Crippen molar-refractivity contribution >= 4 is 24.1 Å².